The number of hydrogen-bond acceptors (Lipinski definition) is 0. The zero-order valence-electron chi connectivity index (χ0n) is 22.2. The summed E-state index contributed by atoms with van der Waals surface area (Å²) in [5.74, 6) is 0.0419. The summed E-state index contributed by atoms with van der Waals surface area (Å²) >= 11 is 0. The minimum atomic E-state index is -4.46. The molecular formula is C29H34F6P2. The van der Waals surface area contributed by atoms with Crippen molar-refractivity contribution in [1.82, 2.24) is 0 Å². The first kappa shape index (κ1) is 29.9. The molecule has 0 spiro atoms. The van der Waals surface area contributed by atoms with Crippen LogP contribution in [0.4, 0.5) is 26.3 Å². The SMILES string of the molecule is C[C@@H](C1C=CC=C1P(c1ccc(C(F)(F)F)cc1)c1ccc(C(F)(F)F)cc1)P(C(C)(C)C)C(C)(C)C. The summed E-state index contributed by atoms with van der Waals surface area (Å²) in [6.45, 7) is 15.7. The molecule has 1 aliphatic rings. The van der Waals surface area contributed by atoms with Crippen LogP contribution in [0, 0.1) is 5.92 Å². The monoisotopic (exact) mass is 558 g/mol. The first-order chi connectivity index (χ1) is 16.8. The normalized spacial score (nSPS) is 18.0. The van der Waals surface area contributed by atoms with Gasteiger partial charge < -0.3 is 0 Å². The minimum Gasteiger partial charge on any atom is -0.166 e. The molecule has 37 heavy (non-hydrogen) atoms. The highest BCUT2D eigenvalue weighted by atomic mass is 31.1. The molecule has 0 aromatic heterocycles. The van der Waals surface area contributed by atoms with E-state index in [4.69, 9.17) is 0 Å². The van der Waals surface area contributed by atoms with Crippen LogP contribution in [0.15, 0.2) is 72.1 Å². The number of rotatable bonds is 5. The Balaban J connectivity index is 2.11. The van der Waals surface area contributed by atoms with Crippen molar-refractivity contribution >= 4 is 26.5 Å². The van der Waals surface area contributed by atoms with E-state index < -0.39 is 39.3 Å². The molecule has 2 aromatic carbocycles. The molecule has 2 atom stereocenters. The summed E-state index contributed by atoms with van der Waals surface area (Å²) < 4.78 is 79.6. The van der Waals surface area contributed by atoms with E-state index in [0.717, 1.165) is 29.6 Å². The molecule has 2 aromatic rings. The average molecular weight is 559 g/mol. The third-order valence-corrected chi connectivity index (χ3v) is 13.1. The van der Waals surface area contributed by atoms with Gasteiger partial charge in [0.15, 0.2) is 0 Å². The molecule has 0 bridgehead atoms. The summed E-state index contributed by atoms with van der Waals surface area (Å²) in [5, 5.41) is 2.54. The Morgan fingerprint density at radius 1 is 0.649 bits per heavy atom. The highest BCUT2D eigenvalue weighted by Gasteiger charge is 2.43. The summed E-state index contributed by atoms with van der Waals surface area (Å²) in [5.41, 5.74) is -1.23. The predicted molar refractivity (Wildman–Crippen MR) is 146 cm³/mol. The molecule has 1 unspecified atom stereocenters. The van der Waals surface area contributed by atoms with E-state index in [0.29, 0.717) is 10.6 Å². The fourth-order valence-electron chi connectivity index (χ4n) is 5.55. The fraction of sp³-hybridized carbons (Fsp3) is 0.448. The van der Waals surface area contributed by atoms with E-state index in [2.05, 4.69) is 54.5 Å². The van der Waals surface area contributed by atoms with E-state index in [1.807, 2.05) is 12.2 Å². The molecule has 8 heteroatoms. The zero-order chi connectivity index (χ0) is 28.0. The molecule has 0 radical (unpaired) electrons. The van der Waals surface area contributed by atoms with Crippen LogP contribution >= 0.6 is 15.8 Å². The summed E-state index contributed by atoms with van der Waals surface area (Å²) in [6, 6.07) is 10.2. The number of benzene rings is 2. The predicted octanol–water partition coefficient (Wildman–Crippen LogP) is 9.69. The first-order valence-electron chi connectivity index (χ1n) is 12.1. The molecule has 1 aliphatic carbocycles. The van der Waals surface area contributed by atoms with Crippen molar-refractivity contribution in [2.75, 3.05) is 0 Å². The van der Waals surface area contributed by atoms with Crippen molar-refractivity contribution < 1.29 is 26.3 Å². The smallest absolute Gasteiger partial charge is 0.166 e. The van der Waals surface area contributed by atoms with Gasteiger partial charge in [-0.15, -0.1) is 0 Å². The molecule has 0 N–H and O–H groups in total. The summed E-state index contributed by atoms with van der Waals surface area (Å²) in [6.07, 6.45) is -2.78. The van der Waals surface area contributed by atoms with Gasteiger partial charge >= 0.3 is 12.4 Å². The van der Waals surface area contributed by atoms with Crippen LogP contribution in [0.3, 0.4) is 0 Å². The van der Waals surface area contributed by atoms with Crippen molar-refractivity contribution in [2.24, 2.45) is 5.92 Å². The number of alkyl halides is 6. The average Bonchev–Trinajstić information content (AvgIpc) is 3.21. The van der Waals surface area contributed by atoms with E-state index in [-0.39, 0.29) is 21.9 Å². The Hall–Kier alpha value is -1.64. The third-order valence-electron chi connectivity index (χ3n) is 6.46. The van der Waals surface area contributed by atoms with Gasteiger partial charge in [-0.2, -0.15) is 26.3 Å². The molecule has 202 valence electrons. The van der Waals surface area contributed by atoms with Gasteiger partial charge in [0.2, 0.25) is 0 Å². The van der Waals surface area contributed by atoms with Crippen molar-refractivity contribution in [3.63, 3.8) is 0 Å². The first-order valence-corrected chi connectivity index (χ1v) is 14.9. The van der Waals surface area contributed by atoms with Crippen LogP contribution in [0.25, 0.3) is 0 Å². The van der Waals surface area contributed by atoms with Gasteiger partial charge in [0.25, 0.3) is 0 Å². The second-order valence-corrected chi connectivity index (χ2v) is 17.8. The molecule has 0 aliphatic heterocycles. The lowest BCUT2D eigenvalue weighted by Gasteiger charge is -2.48. The van der Waals surface area contributed by atoms with Gasteiger partial charge in [-0.3, -0.25) is 0 Å². The molecular weight excluding hydrogens is 524 g/mol. The van der Waals surface area contributed by atoms with Crippen molar-refractivity contribution in [1.29, 1.82) is 0 Å². The Bertz CT molecular complexity index is 1060. The summed E-state index contributed by atoms with van der Waals surface area (Å²) in [7, 11) is -1.87. The molecule has 0 saturated heterocycles. The van der Waals surface area contributed by atoms with Crippen molar-refractivity contribution in [3.8, 4) is 0 Å². The number of hydrogen-bond donors (Lipinski definition) is 0. The van der Waals surface area contributed by atoms with E-state index in [9.17, 15) is 26.3 Å². The largest absolute Gasteiger partial charge is 0.416 e. The van der Waals surface area contributed by atoms with Gasteiger partial charge in [0, 0.05) is 5.92 Å². The second-order valence-electron chi connectivity index (χ2n) is 11.4. The van der Waals surface area contributed by atoms with Gasteiger partial charge in [-0.05, 0) is 64.1 Å². The van der Waals surface area contributed by atoms with E-state index >= 15 is 0 Å². The number of allylic oxidation sites excluding steroid dienone is 4. The number of halogens is 6. The fourth-order valence-corrected chi connectivity index (χ4v) is 13.3. The van der Waals surface area contributed by atoms with Crippen LogP contribution in [-0.4, -0.2) is 16.0 Å². The topological polar surface area (TPSA) is 0 Å². The maximum absolute atomic E-state index is 13.3. The lowest BCUT2D eigenvalue weighted by molar-refractivity contribution is -0.138. The zero-order valence-corrected chi connectivity index (χ0v) is 24.0. The van der Waals surface area contributed by atoms with Crippen LogP contribution in [0.1, 0.15) is 59.6 Å². The van der Waals surface area contributed by atoms with E-state index in [1.165, 1.54) is 24.3 Å². The highest BCUT2D eigenvalue weighted by molar-refractivity contribution is 7.76. The Kier molecular flexibility index (Phi) is 8.48. The highest BCUT2D eigenvalue weighted by Crippen LogP contribution is 2.66. The van der Waals surface area contributed by atoms with Crippen LogP contribution in [0.5, 0.6) is 0 Å². The van der Waals surface area contributed by atoms with Gasteiger partial charge in [-0.25, -0.2) is 0 Å². The van der Waals surface area contributed by atoms with Crippen LogP contribution in [0.2, 0.25) is 0 Å². The quantitative estimate of drug-likeness (QED) is 0.253. The Labute approximate surface area is 218 Å². The van der Waals surface area contributed by atoms with Crippen LogP contribution < -0.4 is 10.6 Å². The van der Waals surface area contributed by atoms with Gasteiger partial charge in [0.05, 0.1) is 11.1 Å². The lowest BCUT2D eigenvalue weighted by atomic mass is 10.1. The minimum absolute atomic E-state index is 0.0419. The lowest BCUT2D eigenvalue weighted by Crippen LogP contribution is -2.34. The van der Waals surface area contributed by atoms with Crippen molar-refractivity contribution in [2.45, 2.75) is 76.8 Å². The molecule has 0 amide bonds. The maximum Gasteiger partial charge on any atom is 0.416 e. The standard InChI is InChI=1S/C29H34F6P2/c1-19(37(26(2,3)4)27(5,6)7)24-9-8-10-25(24)36(22-15-11-20(12-16-22)28(30,31)32)23-17-13-21(14-18-23)29(33,34)35/h8-19,24H,1-7H3/t19-,24?/m0/s1. The third kappa shape index (κ3) is 6.87. The maximum atomic E-state index is 13.3. The molecule has 3 rings (SSSR count). The van der Waals surface area contributed by atoms with Gasteiger partial charge in [0.1, 0.15) is 0 Å². The second kappa shape index (κ2) is 10.5. The van der Waals surface area contributed by atoms with Gasteiger partial charge in [-0.1, -0.05) is 98.9 Å². The Morgan fingerprint density at radius 2 is 1.03 bits per heavy atom. The molecule has 0 saturated carbocycles. The van der Waals surface area contributed by atoms with Crippen LogP contribution in [-0.2, 0) is 12.4 Å². The molecule has 0 fully saturated rings. The van der Waals surface area contributed by atoms with Crippen molar-refractivity contribution in [3.05, 3.63) is 83.2 Å². The molecule has 0 heterocycles. The Morgan fingerprint density at radius 3 is 1.35 bits per heavy atom. The molecule has 0 nitrogen and oxygen atoms in total. The van der Waals surface area contributed by atoms with E-state index in [1.54, 1.807) is 0 Å². The summed E-state index contributed by atoms with van der Waals surface area (Å²) in [4.78, 5) is 0.